The highest BCUT2D eigenvalue weighted by molar-refractivity contribution is 5.89. The van der Waals surface area contributed by atoms with Gasteiger partial charge in [0.25, 0.3) is 0 Å². The number of methoxy groups -OCH3 is 1. The van der Waals surface area contributed by atoms with Crippen molar-refractivity contribution in [3.8, 4) is 0 Å². The second-order valence-corrected chi connectivity index (χ2v) is 5.46. The SMILES string of the molecule is COC1(C(=O)C2CCCC2)CCCCCC1. The van der Waals surface area contributed by atoms with E-state index in [1.807, 2.05) is 0 Å². The van der Waals surface area contributed by atoms with Gasteiger partial charge < -0.3 is 4.74 Å². The molecule has 16 heavy (non-hydrogen) atoms. The van der Waals surface area contributed by atoms with E-state index in [0.717, 1.165) is 38.5 Å². The van der Waals surface area contributed by atoms with Crippen LogP contribution in [0.15, 0.2) is 0 Å². The van der Waals surface area contributed by atoms with Crippen LogP contribution in [-0.4, -0.2) is 18.5 Å². The highest BCUT2D eigenvalue weighted by atomic mass is 16.5. The van der Waals surface area contributed by atoms with Crippen LogP contribution < -0.4 is 0 Å². The number of hydrogen-bond acceptors (Lipinski definition) is 2. The van der Waals surface area contributed by atoms with Crippen molar-refractivity contribution in [2.75, 3.05) is 7.11 Å². The second-order valence-electron chi connectivity index (χ2n) is 5.46. The zero-order valence-electron chi connectivity index (χ0n) is 10.5. The molecular formula is C14H24O2. The number of carbonyl (C=O) groups excluding carboxylic acids is 1. The Hall–Kier alpha value is -0.370. The first-order valence-electron chi connectivity index (χ1n) is 6.88. The monoisotopic (exact) mass is 224 g/mol. The average Bonchev–Trinajstić information content (AvgIpc) is 2.73. The van der Waals surface area contributed by atoms with E-state index in [1.54, 1.807) is 7.11 Å². The van der Waals surface area contributed by atoms with Gasteiger partial charge in [-0.05, 0) is 25.7 Å². The number of hydrogen-bond donors (Lipinski definition) is 0. The Morgan fingerprint density at radius 1 is 1.00 bits per heavy atom. The Kier molecular flexibility index (Phi) is 4.01. The van der Waals surface area contributed by atoms with Gasteiger partial charge >= 0.3 is 0 Å². The van der Waals surface area contributed by atoms with Crippen molar-refractivity contribution in [2.24, 2.45) is 5.92 Å². The first-order chi connectivity index (χ1) is 7.78. The molecule has 0 aliphatic heterocycles. The van der Waals surface area contributed by atoms with Crippen LogP contribution in [0, 0.1) is 5.92 Å². The molecule has 0 spiro atoms. The molecule has 0 radical (unpaired) electrons. The Bertz CT molecular complexity index is 233. The molecule has 2 nitrogen and oxygen atoms in total. The molecule has 0 heterocycles. The minimum atomic E-state index is -0.411. The molecule has 2 heteroatoms. The van der Waals surface area contributed by atoms with Crippen molar-refractivity contribution in [3.63, 3.8) is 0 Å². The Morgan fingerprint density at radius 3 is 2.06 bits per heavy atom. The molecule has 2 aliphatic rings. The third kappa shape index (κ3) is 2.32. The van der Waals surface area contributed by atoms with Crippen LogP contribution in [0.3, 0.4) is 0 Å². The fourth-order valence-corrected chi connectivity index (χ4v) is 3.41. The number of Topliss-reactive ketones (excluding diaryl/α,β-unsaturated/α-hetero) is 1. The summed E-state index contributed by atoms with van der Waals surface area (Å²) in [5.74, 6) is 0.729. The number of rotatable bonds is 3. The molecule has 0 unspecified atom stereocenters. The molecule has 0 atom stereocenters. The zero-order valence-corrected chi connectivity index (χ0v) is 10.5. The standard InChI is InChI=1S/C14H24O2/c1-16-14(10-6-2-3-7-11-14)13(15)12-8-4-5-9-12/h12H,2-11H2,1H3. The molecular weight excluding hydrogens is 200 g/mol. The third-order valence-electron chi connectivity index (χ3n) is 4.48. The van der Waals surface area contributed by atoms with Crippen molar-refractivity contribution >= 4 is 5.78 Å². The summed E-state index contributed by atoms with van der Waals surface area (Å²) in [6.07, 6.45) is 11.4. The zero-order chi connectivity index (χ0) is 11.4. The smallest absolute Gasteiger partial charge is 0.167 e. The van der Waals surface area contributed by atoms with E-state index in [9.17, 15) is 4.79 Å². The second kappa shape index (κ2) is 5.31. The number of ketones is 1. The van der Waals surface area contributed by atoms with Crippen LogP contribution >= 0.6 is 0 Å². The highest BCUT2D eigenvalue weighted by Crippen LogP contribution is 2.37. The van der Waals surface area contributed by atoms with Gasteiger partial charge in [-0.2, -0.15) is 0 Å². The quantitative estimate of drug-likeness (QED) is 0.686. The van der Waals surface area contributed by atoms with Gasteiger partial charge in [0, 0.05) is 13.0 Å². The van der Waals surface area contributed by atoms with Crippen molar-refractivity contribution in [1.82, 2.24) is 0 Å². The lowest BCUT2D eigenvalue weighted by Crippen LogP contribution is -2.43. The van der Waals surface area contributed by atoms with Crippen molar-refractivity contribution in [3.05, 3.63) is 0 Å². The maximum atomic E-state index is 12.6. The van der Waals surface area contributed by atoms with Gasteiger partial charge in [-0.1, -0.05) is 38.5 Å². The Labute approximate surface area is 98.7 Å². The summed E-state index contributed by atoms with van der Waals surface area (Å²) in [6, 6.07) is 0. The molecule has 0 N–H and O–H groups in total. The highest BCUT2D eigenvalue weighted by Gasteiger charge is 2.42. The minimum absolute atomic E-state index is 0.304. The predicted octanol–water partition coefficient (Wildman–Crippen LogP) is 3.49. The van der Waals surface area contributed by atoms with Gasteiger partial charge in [0.15, 0.2) is 5.78 Å². The van der Waals surface area contributed by atoms with Gasteiger partial charge in [-0.3, -0.25) is 4.79 Å². The fraction of sp³-hybridized carbons (Fsp3) is 0.929. The molecule has 0 saturated heterocycles. The first-order valence-corrected chi connectivity index (χ1v) is 6.88. The van der Waals surface area contributed by atoms with Crippen LogP contribution in [0.1, 0.15) is 64.2 Å². The molecule has 0 aromatic rings. The topological polar surface area (TPSA) is 26.3 Å². The summed E-state index contributed by atoms with van der Waals surface area (Å²) in [5, 5.41) is 0. The molecule has 2 saturated carbocycles. The van der Waals surface area contributed by atoms with E-state index in [1.165, 1.54) is 25.7 Å². The molecule has 0 bridgehead atoms. The van der Waals surface area contributed by atoms with Gasteiger partial charge in [0.1, 0.15) is 5.60 Å². The van der Waals surface area contributed by atoms with Crippen LogP contribution in [-0.2, 0) is 9.53 Å². The van der Waals surface area contributed by atoms with Crippen molar-refractivity contribution in [1.29, 1.82) is 0 Å². The van der Waals surface area contributed by atoms with Crippen molar-refractivity contribution < 1.29 is 9.53 Å². The minimum Gasteiger partial charge on any atom is -0.370 e. The molecule has 2 rings (SSSR count). The number of carbonyl (C=O) groups is 1. The summed E-state index contributed by atoms with van der Waals surface area (Å²) in [6.45, 7) is 0. The number of ether oxygens (including phenoxy) is 1. The lowest BCUT2D eigenvalue weighted by Gasteiger charge is -2.32. The average molecular weight is 224 g/mol. The van der Waals surface area contributed by atoms with Crippen LogP contribution in [0.5, 0.6) is 0 Å². The van der Waals surface area contributed by atoms with E-state index < -0.39 is 5.60 Å². The van der Waals surface area contributed by atoms with E-state index in [0.29, 0.717) is 11.7 Å². The molecule has 92 valence electrons. The van der Waals surface area contributed by atoms with E-state index in [-0.39, 0.29) is 0 Å². The molecule has 2 fully saturated rings. The molecule has 0 aromatic heterocycles. The summed E-state index contributed by atoms with van der Waals surface area (Å²) in [5.41, 5.74) is -0.411. The maximum Gasteiger partial charge on any atom is 0.167 e. The summed E-state index contributed by atoms with van der Waals surface area (Å²) in [7, 11) is 1.73. The lowest BCUT2D eigenvalue weighted by atomic mass is 9.82. The van der Waals surface area contributed by atoms with E-state index >= 15 is 0 Å². The third-order valence-corrected chi connectivity index (χ3v) is 4.48. The van der Waals surface area contributed by atoms with Crippen molar-refractivity contribution in [2.45, 2.75) is 69.8 Å². The maximum absolute atomic E-state index is 12.6. The van der Waals surface area contributed by atoms with Crippen LogP contribution in [0.25, 0.3) is 0 Å². The van der Waals surface area contributed by atoms with E-state index in [2.05, 4.69) is 0 Å². The van der Waals surface area contributed by atoms with E-state index in [4.69, 9.17) is 4.74 Å². The molecule has 0 aromatic carbocycles. The predicted molar refractivity (Wildman–Crippen MR) is 64.4 cm³/mol. The normalized spacial score (nSPS) is 26.6. The largest absolute Gasteiger partial charge is 0.370 e. The summed E-state index contributed by atoms with van der Waals surface area (Å²) < 4.78 is 5.68. The fourth-order valence-electron chi connectivity index (χ4n) is 3.41. The van der Waals surface area contributed by atoms with Crippen LogP contribution in [0.4, 0.5) is 0 Å². The Balaban J connectivity index is 2.08. The van der Waals surface area contributed by atoms with Gasteiger partial charge in [0.05, 0.1) is 0 Å². The first kappa shape index (κ1) is 12.1. The molecule has 0 amide bonds. The van der Waals surface area contributed by atoms with Gasteiger partial charge in [-0.15, -0.1) is 0 Å². The van der Waals surface area contributed by atoms with Gasteiger partial charge in [0.2, 0.25) is 0 Å². The molecule has 2 aliphatic carbocycles. The van der Waals surface area contributed by atoms with Crippen LogP contribution in [0.2, 0.25) is 0 Å². The lowest BCUT2D eigenvalue weighted by molar-refractivity contribution is -0.147. The van der Waals surface area contributed by atoms with Gasteiger partial charge in [-0.25, -0.2) is 0 Å². The Morgan fingerprint density at radius 2 is 1.56 bits per heavy atom. The summed E-state index contributed by atoms with van der Waals surface area (Å²) >= 11 is 0. The summed E-state index contributed by atoms with van der Waals surface area (Å²) in [4.78, 5) is 12.6.